The normalized spacial score (nSPS) is 21.1. The molecule has 1 aliphatic heterocycles. The number of aromatic nitrogens is 1. The lowest BCUT2D eigenvalue weighted by molar-refractivity contribution is -0.132. The molecule has 1 fully saturated rings. The average molecular weight is 396 g/mol. The zero-order chi connectivity index (χ0) is 19.8. The van der Waals surface area contributed by atoms with Gasteiger partial charge in [-0.25, -0.2) is 4.39 Å². The Hall–Kier alpha value is -1.78. The lowest BCUT2D eigenvalue weighted by atomic mass is 10.2. The van der Waals surface area contributed by atoms with Crippen LogP contribution < -0.4 is 5.73 Å². The van der Waals surface area contributed by atoms with Crippen LogP contribution in [0.3, 0.4) is 0 Å². The van der Waals surface area contributed by atoms with Crippen molar-refractivity contribution in [1.82, 2.24) is 14.2 Å². The van der Waals surface area contributed by atoms with Gasteiger partial charge in [0.1, 0.15) is 0 Å². The molecule has 1 saturated heterocycles. The maximum absolute atomic E-state index is 14.4. The fraction of sp³-hybridized carbons (Fsp3) is 0.444. The van der Waals surface area contributed by atoms with Gasteiger partial charge in [0.15, 0.2) is 5.82 Å². The number of hydrogen-bond donors (Lipinski definition) is 3. The van der Waals surface area contributed by atoms with Crippen LogP contribution in [0.15, 0.2) is 35.5 Å². The van der Waals surface area contributed by atoms with Crippen LogP contribution in [0.2, 0.25) is 0 Å². The van der Waals surface area contributed by atoms with E-state index in [1.807, 2.05) is 6.92 Å². The molecular formula is C18H25FN4O3S. The van der Waals surface area contributed by atoms with Crippen molar-refractivity contribution >= 4 is 27.5 Å². The molecule has 9 heteroatoms. The molecule has 7 nitrogen and oxygen atoms in total. The van der Waals surface area contributed by atoms with E-state index < -0.39 is 22.6 Å². The quantitative estimate of drug-likeness (QED) is 0.737. The van der Waals surface area contributed by atoms with Gasteiger partial charge >= 0.3 is 0 Å². The molecular weight excluding hydrogens is 371 g/mol. The number of pyridine rings is 1. The molecule has 1 aliphatic rings. The first-order valence-corrected chi connectivity index (χ1v) is 10.4. The zero-order valence-electron chi connectivity index (χ0n) is 15.4. The third-order valence-corrected chi connectivity index (χ3v) is 6.93. The Morgan fingerprint density at radius 1 is 1.37 bits per heavy atom. The van der Waals surface area contributed by atoms with Gasteiger partial charge in [0.2, 0.25) is 5.91 Å². The van der Waals surface area contributed by atoms with Crippen LogP contribution in [0.1, 0.15) is 20.3 Å². The van der Waals surface area contributed by atoms with E-state index in [2.05, 4.69) is 4.98 Å². The van der Waals surface area contributed by atoms with Crippen LogP contribution >= 0.6 is 10.8 Å². The minimum absolute atomic E-state index is 0.138. The maximum Gasteiger partial charge on any atom is 0.239 e. The van der Waals surface area contributed by atoms with Crippen LogP contribution in [0.5, 0.6) is 0 Å². The first-order chi connectivity index (χ1) is 12.7. The van der Waals surface area contributed by atoms with Gasteiger partial charge in [0.05, 0.1) is 17.1 Å². The van der Waals surface area contributed by atoms with Crippen molar-refractivity contribution in [3.63, 3.8) is 0 Å². The number of nitrogens with zero attached hydrogens (tertiary/aromatic N) is 3. The minimum Gasteiger partial charge on any atom is -0.340 e. The van der Waals surface area contributed by atoms with E-state index in [0.29, 0.717) is 31.4 Å². The topological polar surface area (TPSA) is 103 Å². The Morgan fingerprint density at radius 2 is 2.11 bits per heavy atom. The van der Waals surface area contributed by atoms with Gasteiger partial charge in [-0.3, -0.25) is 18.9 Å². The highest BCUT2D eigenvalue weighted by molar-refractivity contribution is 8.22. The van der Waals surface area contributed by atoms with Crippen molar-refractivity contribution in [2.45, 2.75) is 37.2 Å². The summed E-state index contributed by atoms with van der Waals surface area (Å²) in [7, 11) is -3.46. The van der Waals surface area contributed by atoms with Crippen LogP contribution in [0.4, 0.5) is 4.39 Å². The van der Waals surface area contributed by atoms with Gasteiger partial charge in [0.25, 0.3) is 0 Å². The molecule has 27 heavy (non-hydrogen) atoms. The summed E-state index contributed by atoms with van der Waals surface area (Å²) in [5.74, 6) is -0.762. The Labute approximate surface area is 159 Å². The molecule has 0 spiro atoms. The fourth-order valence-corrected chi connectivity index (χ4v) is 5.47. The van der Waals surface area contributed by atoms with Crippen molar-refractivity contribution in [2.75, 3.05) is 19.6 Å². The van der Waals surface area contributed by atoms with Crippen molar-refractivity contribution in [2.24, 2.45) is 5.73 Å². The standard InChI is InChI=1S/C18H25FN4O3S/c1-12-11-22(18(24)13(2)20)7-4-8-23(12)27(25,26)16-6-3-5-14-9-21-10-15(19)17(14)16/h3,5-6,9-10,12-13,25-26H,4,7-8,11,20H2,1-2H3/t12-,13+/m0/s1. The summed E-state index contributed by atoms with van der Waals surface area (Å²) in [5.41, 5.74) is 5.71. The molecule has 2 heterocycles. The summed E-state index contributed by atoms with van der Waals surface area (Å²) in [6.45, 7) is 4.64. The Kier molecular flexibility index (Phi) is 5.68. The van der Waals surface area contributed by atoms with E-state index in [0.717, 1.165) is 6.20 Å². The lowest BCUT2D eigenvalue weighted by Gasteiger charge is -2.46. The highest BCUT2D eigenvalue weighted by Gasteiger charge is 2.35. The molecule has 1 aromatic heterocycles. The van der Waals surface area contributed by atoms with Crippen LogP contribution in [0, 0.1) is 5.82 Å². The maximum atomic E-state index is 14.4. The SMILES string of the molecule is C[C@@H](N)C(=O)N1CCCN(S(O)(O)c2cccc3cncc(F)c23)[C@@H](C)C1. The van der Waals surface area contributed by atoms with Crippen LogP contribution in [0.25, 0.3) is 10.8 Å². The number of fused-ring (bicyclic) bond motifs is 1. The van der Waals surface area contributed by atoms with Gasteiger partial charge in [-0.05, 0) is 26.3 Å². The first-order valence-electron chi connectivity index (χ1n) is 8.85. The molecule has 148 valence electrons. The predicted molar refractivity (Wildman–Crippen MR) is 104 cm³/mol. The van der Waals surface area contributed by atoms with Gasteiger partial charge in [-0.15, -0.1) is 10.8 Å². The number of nitrogens with two attached hydrogens (primary N) is 1. The highest BCUT2D eigenvalue weighted by Crippen LogP contribution is 2.55. The van der Waals surface area contributed by atoms with Crippen LogP contribution in [-0.2, 0) is 4.79 Å². The average Bonchev–Trinajstić information content (AvgIpc) is 2.82. The summed E-state index contributed by atoms with van der Waals surface area (Å²) >= 11 is 0. The second kappa shape index (κ2) is 7.69. The number of rotatable bonds is 3. The molecule has 0 radical (unpaired) electrons. The molecule has 4 N–H and O–H groups in total. The highest BCUT2D eigenvalue weighted by atomic mass is 32.3. The Morgan fingerprint density at radius 3 is 2.81 bits per heavy atom. The number of amides is 1. The van der Waals surface area contributed by atoms with Crippen molar-refractivity contribution in [3.8, 4) is 0 Å². The van der Waals surface area contributed by atoms with E-state index in [9.17, 15) is 18.3 Å². The lowest BCUT2D eigenvalue weighted by Crippen LogP contribution is -2.46. The second-order valence-corrected chi connectivity index (χ2v) is 8.86. The molecule has 1 aromatic carbocycles. The van der Waals surface area contributed by atoms with Gasteiger partial charge < -0.3 is 10.6 Å². The second-order valence-electron chi connectivity index (χ2n) is 6.91. The summed E-state index contributed by atoms with van der Waals surface area (Å²) in [6.07, 6.45) is 3.12. The summed E-state index contributed by atoms with van der Waals surface area (Å²) in [4.78, 5) is 17.9. The van der Waals surface area contributed by atoms with Crippen molar-refractivity contribution in [3.05, 3.63) is 36.4 Å². The van der Waals surface area contributed by atoms with E-state index in [1.165, 1.54) is 12.3 Å². The summed E-state index contributed by atoms with van der Waals surface area (Å²) < 4.78 is 38.2. The fourth-order valence-electron chi connectivity index (χ4n) is 3.52. The number of benzene rings is 1. The Balaban J connectivity index is 1.97. The van der Waals surface area contributed by atoms with E-state index >= 15 is 0 Å². The smallest absolute Gasteiger partial charge is 0.239 e. The molecule has 2 atom stereocenters. The largest absolute Gasteiger partial charge is 0.340 e. The van der Waals surface area contributed by atoms with E-state index in [1.54, 1.807) is 28.3 Å². The zero-order valence-corrected chi connectivity index (χ0v) is 16.2. The summed E-state index contributed by atoms with van der Waals surface area (Å²) in [5, 5.41) is 0.663. The summed E-state index contributed by atoms with van der Waals surface area (Å²) in [6, 6.07) is 3.92. The van der Waals surface area contributed by atoms with Gasteiger partial charge in [0, 0.05) is 42.6 Å². The molecule has 0 bridgehead atoms. The minimum atomic E-state index is -3.46. The molecule has 1 amide bonds. The van der Waals surface area contributed by atoms with Gasteiger partial charge in [-0.2, -0.15) is 4.31 Å². The third-order valence-electron chi connectivity index (χ3n) is 4.80. The van der Waals surface area contributed by atoms with Gasteiger partial charge in [-0.1, -0.05) is 12.1 Å². The first kappa shape index (κ1) is 20.0. The third kappa shape index (κ3) is 3.78. The van der Waals surface area contributed by atoms with Crippen molar-refractivity contribution in [1.29, 1.82) is 0 Å². The number of halogens is 1. The molecule has 0 aliphatic carbocycles. The number of hydrogen-bond acceptors (Lipinski definition) is 6. The number of carbonyl (C=O) groups excluding carboxylic acids is 1. The Bertz CT molecular complexity index is 843. The van der Waals surface area contributed by atoms with E-state index in [4.69, 9.17) is 5.73 Å². The molecule has 0 saturated carbocycles. The monoisotopic (exact) mass is 396 g/mol. The number of carbonyl (C=O) groups is 1. The predicted octanol–water partition coefficient (Wildman–Crippen LogP) is 2.67. The molecule has 3 rings (SSSR count). The van der Waals surface area contributed by atoms with Crippen LogP contribution in [-0.4, -0.2) is 60.9 Å². The molecule has 2 aromatic rings. The van der Waals surface area contributed by atoms with Crippen molar-refractivity contribution < 1.29 is 18.3 Å². The van der Waals surface area contributed by atoms with E-state index in [-0.39, 0.29) is 22.2 Å². The molecule has 0 unspecified atom stereocenters.